The normalized spacial score (nSPS) is 14.5. The van der Waals surface area contributed by atoms with Gasteiger partial charge in [-0.25, -0.2) is 0 Å². The molecular weight excluding hydrogens is 294 g/mol. The highest BCUT2D eigenvalue weighted by Crippen LogP contribution is 2.27. The van der Waals surface area contributed by atoms with E-state index < -0.39 is 5.54 Å². The molecule has 2 N–H and O–H groups in total. The molecule has 18 heavy (non-hydrogen) atoms. The molecule has 0 radical (unpaired) electrons. The maximum Gasteiger partial charge on any atom is 0.258 e. The molecule has 0 bridgehead atoms. The van der Waals surface area contributed by atoms with Crippen LogP contribution in [0.4, 0.5) is 0 Å². The Morgan fingerprint density at radius 1 is 1.44 bits per heavy atom. The summed E-state index contributed by atoms with van der Waals surface area (Å²) in [5, 5.41) is 3.98. The van der Waals surface area contributed by atoms with Crippen molar-refractivity contribution in [1.29, 1.82) is 0 Å². The Bertz CT molecular complexity index is 563. The molecule has 2 rings (SSSR count). The monoisotopic (exact) mass is 309 g/mol. The first kappa shape index (κ1) is 13.2. The van der Waals surface area contributed by atoms with E-state index in [1.807, 2.05) is 39.0 Å². The molecule has 96 valence electrons. The number of aromatic nitrogens is 2. The van der Waals surface area contributed by atoms with Gasteiger partial charge in [0.2, 0.25) is 0 Å². The van der Waals surface area contributed by atoms with Crippen LogP contribution in [0.1, 0.15) is 31.7 Å². The van der Waals surface area contributed by atoms with E-state index in [1.165, 1.54) is 0 Å². The van der Waals surface area contributed by atoms with Crippen molar-refractivity contribution in [3.8, 4) is 11.5 Å². The molecule has 0 fully saturated rings. The van der Waals surface area contributed by atoms with Crippen molar-refractivity contribution in [1.82, 2.24) is 10.1 Å². The van der Waals surface area contributed by atoms with E-state index >= 15 is 0 Å². The molecular formula is C13H16BrN3O. The fourth-order valence-corrected chi connectivity index (χ4v) is 2.07. The van der Waals surface area contributed by atoms with Gasteiger partial charge >= 0.3 is 0 Å². The van der Waals surface area contributed by atoms with E-state index in [-0.39, 0.29) is 0 Å². The smallest absolute Gasteiger partial charge is 0.258 e. The minimum absolute atomic E-state index is 0.514. The lowest BCUT2D eigenvalue weighted by Gasteiger charge is -2.16. The third-order valence-electron chi connectivity index (χ3n) is 3.09. The van der Waals surface area contributed by atoms with Crippen LogP contribution in [0, 0.1) is 6.92 Å². The van der Waals surface area contributed by atoms with E-state index in [0.29, 0.717) is 11.7 Å². The highest BCUT2D eigenvalue weighted by atomic mass is 79.9. The molecule has 0 saturated carbocycles. The second-order valence-corrected chi connectivity index (χ2v) is 5.57. The highest BCUT2D eigenvalue weighted by Gasteiger charge is 2.25. The molecule has 5 heteroatoms. The Morgan fingerprint density at radius 3 is 2.78 bits per heavy atom. The topological polar surface area (TPSA) is 64.9 Å². The molecule has 1 aromatic carbocycles. The molecule has 0 spiro atoms. The summed E-state index contributed by atoms with van der Waals surface area (Å²) in [4.78, 5) is 4.40. The van der Waals surface area contributed by atoms with Gasteiger partial charge in [0, 0.05) is 10.0 Å². The lowest BCUT2D eigenvalue weighted by atomic mass is 10.00. The average molecular weight is 310 g/mol. The molecule has 1 heterocycles. The van der Waals surface area contributed by atoms with Crippen molar-refractivity contribution < 1.29 is 4.52 Å². The second-order valence-electron chi connectivity index (χ2n) is 4.65. The lowest BCUT2D eigenvalue weighted by Crippen LogP contribution is -2.33. The number of hydrogen-bond acceptors (Lipinski definition) is 4. The van der Waals surface area contributed by atoms with Crippen LogP contribution in [-0.2, 0) is 5.54 Å². The second kappa shape index (κ2) is 4.82. The molecule has 4 nitrogen and oxygen atoms in total. The summed E-state index contributed by atoms with van der Waals surface area (Å²) in [7, 11) is 0. The van der Waals surface area contributed by atoms with Gasteiger partial charge in [-0.3, -0.25) is 0 Å². The SMILES string of the molecule is CCC(C)(N)c1noc(-c2ccc(Br)cc2C)n1. The van der Waals surface area contributed by atoms with E-state index in [0.717, 1.165) is 22.0 Å². The first-order valence-electron chi connectivity index (χ1n) is 5.83. The predicted octanol–water partition coefficient (Wildman–Crippen LogP) is 3.39. The molecule has 0 aliphatic rings. The summed E-state index contributed by atoms with van der Waals surface area (Å²) in [6.45, 7) is 5.91. The molecule has 2 aromatic rings. The largest absolute Gasteiger partial charge is 0.334 e. The van der Waals surface area contributed by atoms with Gasteiger partial charge in [0.05, 0.1) is 5.54 Å². The van der Waals surface area contributed by atoms with Crippen molar-refractivity contribution in [3.63, 3.8) is 0 Å². The zero-order valence-corrected chi connectivity index (χ0v) is 12.3. The van der Waals surface area contributed by atoms with Gasteiger partial charge in [0.1, 0.15) is 0 Å². The van der Waals surface area contributed by atoms with Crippen LogP contribution in [0.15, 0.2) is 27.2 Å². The third kappa shape index (κ3) is 2.47. The summed E-state index contributed by atoms with van der Waals surface area (Å²) < 4.78 is 6.33. The number of halogens is 1. The minimum atomic E-state index is -0.551. The Labute approximate surface area is 115 Å². The number of nitrogens with zero attached hydrogens (tertiary/aromatic N) is 2. The van der Waals surface area contributed by atoms with Crippen LogP contribution >= 0.6 is 15.9 Å². The van der Waals surface area contributed by atoms with Crippen molar-refractivity contribution in [2.24, 2.45) is 5.73 Å². The first-order chi connectivity index (χ1) is 8.44. The zero-order chi connectivity index (χ0) is 13.3. The molecule has 1 aromatic heterocycles. The van der Waals surface area contributed by atoms with Crippen molar-refractivity contribution >= 4 is 15.9 Å². The maximum absolute atomic E-state index is 6.10. The van der Waals surface area contributed by atoms with E-state index in [2.05, 4.69) is 26.1 Å². The first-order valence-corrected chi connectivity index (χ1v) is 6.63. The predicted molar refractivity (Wildman–Crippen MR) is 74.0 cm³/mol. The highest BCUT2D eigenvalue weighted by molar-refractivity contribution is 9.10. The quantitative estimate of drug-likeness (QED) is 0.943. The van der Waals surface area contributed by atoms with Crippen molar-refractivity contribution in [3.05, 3.63) is 34.1 Å². The molecule has 0 aliphatic carbocycles. The van der Waals surface area contributed by atoms with Gasteiger partial charge in [-0.2, -0.15) is 4.98 Å². The van der Waals surface area contributed by atoms with Crippen molar-refractivity contribution in [2.75, 3.05) is 0 Å². The molecule has 0 aliphatic heterocycles. The average Bonchev–Trinajstić information content (AvgIpc) is 2.79. The van der Waals surface area contributed by atoms with Crippen LogP contribution in [0.5, 0.6) is 0 Å². The lowest BCUT2D eigenvalue weighted by molar-refractivity contribution is 0.379. The van der Waals surface area contributed by atoms with Crippen LogP contribution in [0.2, 0.25) is 0 Å². The summed E-state index contributed by atoms with van der Waals surface area (Å²) in [6.07, 6.45) is 0.755. The van der Waals surface area contributed by atoms with Gasteiger partial charge in [-0.1, -0.05) is 28.0 Å². The van der Waals surface area contributed by atoms with Gasteiger partial charge in [-0.15, -0.1) is 0 Å². The van der Waals surface area contributed by atoms with Gasteiger partial charge in [-0.05, 0) is 44.0 Å². The minimum Gasteiger partial charge on any atom is -0.334 e. The molecule has 0 saturated heterocycles. The van der Waals surface area contributed by atoms with E-state index in [1.54, 1.807) is 0 Å². The Kier molecular flexibility index (Phi) is 3.54. The molecule has 1 atom stereocenters. The Hall–Kier alpha value is -1.20. The van der Waals surface area contributed by atoms with Gasteiger partial charge < -0.3 is 10.3 Å². The number of nitrogens with two attached hydrogens (primary N) is 1. The third-order valence-corrected chi connectivity index (χ3v) is 3.58. The van der Waals surface area contributed by atoms with Gasteiger partial charge in [0.15, 0.2) is 5.82 Å². The van der Waals surface area contributed by atoms with Gasteiger partial charge in [0.25, 0.3) is 5.89 Å². The zero-order valence-electron chi connectivity index (χ0n) is 10.7. The van der Waals surface area contributed by atoms with Crippen LogP contribution in [0.25, 0.3) is 11.5 Å². The number of hydrogen-bond donors (Lipinski definition) is 1. The number of aryl methyl sites for hydroxylation is 1. The summed E-state index contributed by atoms with van der Waals surface area (Å²) >= 11 is 3.43. The molecule has 0 amide bonds. The summed E-state index contributed by atoms with van der Waals surface area (Å²) in [5.74, 6) is 1.06. The van der Waals surface area contributed by atoms with E-state index in [9.17, 15) is 0 Å². The standard InChI is InChI=1S/C13H16BrN3O/c1-4-13(3,15)12-16-11(18-17-12)10-6-5-9(14)7-8(10)2/h5-7H,4,15H2,1-3H3. The summed E-state index contributed by atoms with van der Waals surface area (Å²) in [5.41, 5.74) is 7.56. The number of benzene rings is 1. The number of rotatable bonds is 3. The Morgan fingerprint density at radius 2 is 2.17 bits per heavy atom. The molecule has 1 unspecified atom stereocenters. The maximum atomic E-state index is 6.10. The van der Waals surface area contributed by atoms with Crippen molar-refractivity contribution in [2.45, 2.75) is 32.7 Å². The van der Waals surface area contributed by atoms with Crippen LogP contribution in [-0.4, -0.2) is 10.1 Å². The van der Waals surface area contributed by atoms with E-state index in [4.69, 9.17) is 10.3 Å². The Balaban J connectivity index is 2.41. The fraction of sp³-hybridized carbons (Fsp3) is 0.385. The fourth-order valence-electron chi connectivity index (χ4n) is 1.59. The van der Waals surface area contributed by atoms with Crippen LogP contribution < -0.4 is 5.73 Å². The summed E-state index contributed by atoms with van der Waals surface area (Å²) in [6, 6.07) is 5.92. The van der Waals surface area contributed by atoms with Crippen LogP contribution in [0.3, 0.4) is 0 Å².